The second-order valence-electron chi connectivity index (χ2n) is 8.07. The number of nitrogens with zero attached hydrogens (tertiary/aromatic N) is 3. The first-order valence-corrected chi connectivity index (χ1v) is 10.9. The molecule has 3 aromatic rings. The molecule has 1 amide bonds. The van der Waals surface area contributed by atoms with Crippen molar-refractivity contribution in [2.24, 2.45) is 0 Å². The lowest BCUT2D eigenvalue weighted by atomic mass is 10.0. The van der Waals surface area contributed by atoms with Crippen LogP contribution in [0.5, 0.6) is 0 Å². The van der Waals surface area contributed by atoms with E-state index in [1.54, 1.807) is 18.2 Å². The summed E-state index contributed by atoms with van der Waals surface area (Å²) in [6, 6.07) is 22.6. The maximum absolute atomic E-state index is 13.4. The maximum atomic E-state index is 13.4. The number of rotatable bonds is 7. The molecule has 1 fully saturated rings. The van der Waals surface area contributed by atoms with Gasteiger partial charge in [-0.25, -0.2) is 0 Å². The number of Topliss-reactive ketones (excluding diaryl/α,β-unsaturated/α-hetero) is 1. The number of carbonyl (C=O) groups is 2. The number of pyridine rings is 1. The number of hydrogen-bond donors (Lipinski definition) is 1. The molecule has 1 aliphatic heterocycles. The Morgan fingerprint density at radius 1 is 0.938 bits per heavy atom. The number of ketones is 1. The van der Waals surface area contributed by atoms with Gasteiger partial charge in [-0.2, -0.15) is 0 Å². The van der Waals surface area contributed by atoms with Crippen LogP contribution in [0.25, 0.3) is 0 Å². The molecule has 1 atom stereocenters. The molecular formula is C26H28N4O2. The Hall–Kier alpha value is -3.35. The Kier molecular flexibility index (Phi) is 7.04. The molecule has 1 saturated heterocycles. The summed E-state index contributed by atoms with van der Waals surface area (Å²) in [7, 11) is 0. The molecular weight excluding hydrogens is 400 g/mol. The number of amides is 1. The third kappa shape index (κ3) is 5.46. The number of piperazine rings is 1. The van der Waals surface area contributed by atoms with Gasteiger partial charge < -0.3 is 5.32 Å². The van der Waals surface area contributed by atoms with E-state index in [2.05, 4.69) is 20.1 Å². The summed E-state index contributed by atoms with van der Waals surface area (Å²) < 4.78 is 0. The Morgan fingerprint density at radius 3 is 2.38 bits per heavy atom. The topological polar surface area (TPSA) is 65.5 Å². The van der Waals surface area contributed by atoms with Crippen LogP contribution in [-0.4, -0.2) is 52.7 Å². The summed E-state index contributed by atoms with van der Waals surface area (Å²) in [4.78, 5) is 34.1. The highest BCUT2D eigenvalue weighted by Gasteiger charge is 2.30. The predicted octanol–water partition coefficient (Wildman–Crippen LogP) is 3.78. The average molecular weight is 429 g/mol. The molecule has 32 heavy (non-hydrogen) atoms. The first-order chi connectivity index (χ1) is 15.6. The summed E-state index contributed by atoms with van der Waals surface area (Å²) in [6.45, 7) is 5.65. The second-order valence-corrected chi connectivity index (χ2v) is 8.07. The quantitative estimate of drug-likeness (QED) is 0.580. The van der Waals surface area contributed by atoms with Crippen molar-refractivity contribution in [1.29, 1.82) is 0 Å². The summed E-state index contributed by atoms with van der Waals surface area (Å²) >= 11 is 0. The molecule has 164 valence electrons. The van der Waals surface area contributed by atoms with Crippen LogP contribution in [0, 0.1) is 0 Å². The molecule has 0 spiro atoms. The van der Waals surface area contributed by atoms with Crippen molar-refractivity contribution in [3.63, 3.8) is 0 Å². The molecule has 0 radical (unpaired) electrons. The summed E-state index contributed by atoms with van der Waals surface area (Å²) in [5.41, 5.74) is 3.24. The van der Waals surface area contributed by atoms with Gasteiger partial charge in [-0.15, -0.1) is 0 Å². The Bertz CT molecular complexity index is 1050. The lowest BCUT2D eigenvalue weighted by molar-refractivity contribution is -0.122. The third-order valence-corrected chi connectivity index (χ3v) is 5.78. The van der Waals surface area contributed by atoms with Crippen LogP contribution in [0.4, 0.5) is 5.69 Å². The number of aromatic nitrogens is 1. The van der Waals surface area contributed by atoms with Crippen LogP contribution >= 0.6 is 0 Å². The molecule has 0 saturated carbocycles. The molecule has 2 aromatic carbocycles. The Balaban J connectivity index is 1.47. The first kappa shape index (κ1) is 21.9. The molecule has 6 nitrogen and oxygen atoms in total. The summed E-state index contributed by atoms with van der Waals surface area (Å²) in [5.74, 6) is -0.111. The van der Waals surface area contributed by atoms with E-state index in [4.69, 9.17) is 0 Å². The minimum Gasteiger partial charge on any atom is -0.324 e. The maximum Gasteiger partial charge on any atom is 0.246 e. The van der Waals surface area contributed by atoms with E-state index < -0.39 is 6.04 Å². The molecule has 1 aliphatic rings. The first-order valence-electron chi connectivity index (χ1n) is 10.9. The van der Waals surface area contributed by atoms with Gasteiger partial charge in [-0.1, -0.05) is 48.5 Å². The molecule has 1 aromatic heterocycles. The van der Waals surface area contributed by atoms with E-state index in [1.165, 1.54) is 6.92 Å². The van der Waals surface area contributed by atoms with Crippen LogP contribution in [0.15, 0.2) is 79.0 Å². The van der Waals surface area contributed by atoms with Crippen LogP contribution < -0.4 is 5.32 Å². The Labute approximate surface area is 188 Å². The molecule has 0 bridgehead atoms. The van der Waals surface area contributed by atoms with Crippen molar-refractivity contribution in [2.75, 3.05) is 31.5 Å². The van der Waals surface area contributed by atoms with Crippen molar-refractivity contribution >= 4 is 17.4 Å². The van der Waals surface area contributed by atoms with Gasteiger partial charge in [-0.05, 0) is 36.8 Å². The van der Waals surface area contributed by atoms with Crippen molar-refractivity contribution < 1.29 is 9.59 Å². The van der Waals surface area contributed by atoms with Gasteiger partial charge in [0, 0.05) is 50.2 Å². The van der Waals surface area contributed by atoms with E-state index >= 15 is 0 Å². The van der Waals surface area contributed by atoms with Crippen LogP contribution in [0.1, 0.15) is 34.6 Å². The molecule has 0 aliphatic carbocycles. The number of nitrogens with one attached hydrogen (secondary N) is 1. The predicted molar refractivity (Wildman–Crippen MR) is 125 cm³/mol. The molecule has 2 heterocycles. The molecule has 4 rings (SSSR count). The van der Waals surface area contributed by atoms with Crippen LogP contribution in [-0.2, 0) is 11.3 Å². The van der Waals surface area contributed by atoms with Crippen LogP contribution in [0.3, 0.4) is 0 Å². The fourth-order valence-corrected chi connectivity index (χ4v) is 4.09. The fourth-order valence-electron chi connectivity index (χ4n) is 4.09. The number of benzene rings is 2. The summed E-state index contributed by atoms with van der Waals surface area (Å²) in [5, 5.41) is 3.03. The van der Waals surface area contributed by atoms with E-state index in [1.807, 2.05) is 60.8 Å². The lowest BCUT2D eigenvalue weighted by Gasteiger charge is -2.38. The average Bonchev–Trinajstić information content (AvgIpc) is 2.82. The highest BCUT2D eigenvalue weighted by Crippen LogP contribution is 2.25. The number of hydrogen-bond acceptors (Lipinski definition) is 5. The Morgan fingerprint density at radius 2 is 1.69 bits per heavy atom. The van der Waals surface area contributed by atoms with Gasteiger partial charge >= 0.3 is 0 Å². The number of anilines is 1. The van der Waals surface area contributed by atoms with E-state index in [0.29, 0.717) is 11.3 Å². The normalized spacial score (nSPS) is 15.8. The molecule has 1 unspecified atom stereocenters. The van der Waals surface area contributed by atoms with Gasteiger partial charge in [0.15, 0.2) is 5.78 Å². The van der Waals surface area contributed by atoms with E-state index in [9.17, 15) is 9.59 Å². The zero-order valence-electron chi connectivity index (χ0n) is 18.3. The standard InChI is InChI=1S/C26H28N4O2/c1-20(31)22-10-7-12-23(18-22)28-26(32)25(21-8-3-2-4-9-21)30-16-14-29(15-17-30)19-24-11-5-6-13-27-24/h2-13,18,25H,14-17,19H2,1H3,(H,28,32). The second kappa shape index (κ2) is 10.3. The highest BCUT2D eigenvalue weighted by atomic mass is 16.2. The summed E-state index contributed by atoms with van der Waals surface area (Å²) in [6.07, 6.45) is 1.82. The van der Waals surface area contributed by atoms with E-state index in [-0.39, 0.29) is 11.7 Å². The smallest absolute Gasteiger partial charge is 0.246 e. The van der Waals surface area contributed by atoms with Crippen LogP contribution in [0.2, 0.25) is 0 Å². The SMILES string of the molecule is CC(=O)c1cccc(NC(=O)C(c2ccccc2)N2CCN(Cc3ccccn3)CC2)c1. The van der Waals surface area contributed by atoms with Gasteiger partial charge in [-0.3, -0.25) is 24.4 Å². The van der Waals surface area contributed by atoms with Crippen molar-refractivity contribution in [2.45, 2.75) is 19.5 Å². The van der Waals surface area contributed by atoms with E-state index in [0.717, 1.165) is 44.0 Å². The van der Waals surface area contributed by atoms with Crippen molar-refractivity contribution in [3.05, 3.63) is 95.8 Å². The minimum atomic E-state index is -0.394. The monoisotopic (exact) mass is 428 g/mol. The largest absolute Gasteiger partial charge is 0.324 e. The lowest BCUT2D eigenvalue weighted by Crippen LogP contribution is -2.49. The minimum absolute atomic E-state index is 0.0234. The van der Waals surface area contributed by atoms with Gasteiger partial charge in [0.2, 0.25) is 5.91 Å². The third-order valence-electron chi connectivity index (χ3n) is 5.78. The van der Waals surface area contributed by atoms with Gasteiger partial charge in [0.1, 0.15) is 6.04 Å². The zero-order valence-corrected chi connectivity index (χ0v) is 18.3. The van der Waals surface area contributed by atoms with Gasteiger partial charge in [0.25, 0.3) is 0 Å². The molecule has 1 N–H and O–H groups in total. The van der Waals surface area contributed by atoms with Crippen molar-refractivity contribution in [3.8, 4) is 0 Å². The molecule has 6 heteroatoms. The number of carbonyl (C=O) groups excluding carboxylic acids is 2. The fraction of sp³-hybridized carbons (Fsp3) is 0.269. The van der Waals surface area contributed by atoms with Gasteiger partial charge in [0.05, 0.1) is 5.69 Å². The zero-order chi connectivity index (χ0) is 22.3. The highest BCUT2D eigenvalue weighted by molar-refractivity contribution is 5.98. The van der Waals surface area contributed by atoms with Crippen molar-refractivity contribution in [1.82, 2.24) is 14.8 Å².